The van der Waals surface area contributed by atoms with Crippen molar-refractivity contribution in [1.82, 2.24) is 4.90 Å². The molecule has 0 aliphatic heterocycles. The monoisotopic (exact) mass is 300 g/mol. The number of amides is 1. The summed E-state index contributed by atoms with van der Waals surface area (Å²) in [5.41, 5.74) is 5.87. The lowest BCUT2D eigenvalue weighted by Gasteiger charge is -2.23. The molecule has 0 bridgehead atoms. The van der Waals surface area contributed by atoms with Crippen molar-refractivity contribution in [2.75, 3.05) is 19.8 Å². The lowest BCUT2D eigenvalue weighted by Crippen LogP contribution is -2.41. The van der Waals surface area contributed by atoms with E-state index in [1.165, 1.54) is 11.8 Å². The van der Waals surface area contributed by atoms with Gasteiger partial charge in [-0.1, -0.05) is 13.8 Å². The number of nitrogens with zero attached hydrogens (tertiary/aromatic N) is 1. The molecule has 0 saturated heterocycles. The van der Waals surface area contributed by atoms with Gasteiger partial charge in [0.25, 0.3) is 0 Å². The highest BCUT2D eigenvalue weighted by Crippen LogP contribution is 2.07. The predicted molar refractivity (Wildman–Crippen MR) is 76.6 cm³/mol. The van der Waals surface area contributed by atoms with Crippen molar-refractivity contribution in [3.05, 3.63) is 0 Å². The van der Waals surface area contributed by atoms with Crippen LogP contribution in [0.5, 0.6) is 0 Å². The van der Waals surface area contributed by atoms with Crippen LogP contribution >= 0.6 is 12.4 Å². The van der Waals surface area contributed by atoms with Crippen molar-refractivity contribution < 1.29 is 13.2 Å². The Bertz CT molecular complexity index is 357. The molecule has 0 aromatic heterocycles. The number of halogens is 1. The normalized spacial score (nSPS) is 14.8. The summed E-state index contributed by atoms with van der Waals surface area (Å²) in [5, 5.41) is -0.984. The Kier molecular flexibility index (Phi) is 8.85. The molecule has 0 rings (SSSR count). The van der Waals surface area contributed by atoms with Gasteiger partial charge in [-0.05, 0) is 19.3 Å². The molecule has 0 fully saturated rings. The van der Waals surface area contributed by atoms with Gasteiger partial charge in [0.15, 0.2) is 9.84 Å². The summed E-state index contributed by atoms with van der Waals surface area (Å²) in [6.45, 7) is 5.94. The average Bonchev–Trinajstić information content (AvgIpc) is 2.21. The van der Waals surface area contributed by atoms with Crippen molar-refractivity contribution in [1.29, 1.82) is 0 Å². The molecule has 0 aliphatic carbocycles. The summed E-state index contributed by atoms with van der Waals surface area (Å²) in [6.07, 6.45) is 1.75. The minimum atomic E-state index is -3.32. The first kappa shape index (κ1) is 20.0. The zero-order valence-corrected chi connectivity index (χ0v) is 13.3. The van der Waals surface area contributed by atoms with Gasteiger partial charge in [0.1, 0.15) is 5.25 Å². The van der Waals surface area contributed by atoms with Crippen LogP contribution in [-0.4, -0.2) is 50.4 Å². The van der Waals surface area contributed by atoms with Gasteiger partial charge in [0, 0.05) is 25.9 Å². The van der Waals surface area contributed by atoms with Gasteiger partial charge in [-0.3, -0.25) is 4.79 Å². The van der Waals surface area contributed by atoms with E-state index in [9.17, 15) is 13.2 Å². The quantitative estimate of drug-likeness (QED) is 0.782. The van der Waals surface area contributed by atoms with Crippen molar-refractivity contribution in [2.24, 2.45) is 11.7 Å². The predicted octanol–water partition coefficient (Wildman–Crippen LogP) is 0.673. The van der Waals surface area contributed by atoms with E-state index in [1.54, 1.807) is 7.05 Å². The van der Waals surface area contributed by atoms with Crippen LogP contribution < -0.4 is 5.73 Å². The first-order valence-corrected chi connectivity index (χ1v) is 7.72. The van der Waals surface area contributed by atoms with Crippen LogP contribution in [0.4, 0.5) is 0 Å². The number of carbonyl (C=O) groups is 1. The molecule has 0 heterocycles. The highest BCUT2D eigenvalue weighted by molar-refractivity contribution is 7.92. The van der Waals surface area contributed by atoms with E-state index in [2.05, 4.69) is 0 Å². The number of nitrogens with two attached hydrogens (primary N) is 1. The molecule has 7 heteroatoms. The second-order valence-electron chi connectivity index (χ2n) is 4.93. The fraction of sp³-hybridized carbons (Fsp3) is 0.909. The molecule has 110 valence electrons. The number of hydrogen-bond acceptors (Lipinski definition) is 4. The van der Waals surface area contributed by atoms with Crippen LogP contribution in [-0.2, 0) is 14.6 Å². The van der Waals surface area contributed by atoms with E-state index < -0.39 is 15.1 Å². The van der Waals surface area contributed by atoms with Gasteiger partial charge in [-0.25, -0.2) is 8.42 Å². The van der Waals surface area contributed by atoms with Crippen LogP contribution in [0, 0.1) is 5.92 Å². The molecule has 5 nitrogen and oxygen atoms in total. The molecule has 18 heavy (non-hydrogen) atoms. The fourth-order valence-electron chi connectivity index (χ4n) is 1.28. The third kappa shape index (κ3) is 6.56. The highest BCUT2D eigenvalue weighted by Gasteiger charge is 2.26. The zero-order valence-electron chi connectivity index (χ0n) is 11.7. The molecule has 2 N–H and O–H groups in total. The molecule has 0 aromatic carbocycles. The molecule has 0 spiro atoms. The Hall–Kier alpha value is -0.330. The maximum atomic E-state index is 11.8. The van der Waals surface area contributed by atoms with E-state index in [0.29, 0.717) is 18.9 Å². The summed E-state index contributed by atoms with van der Waals surface area (Å²) in [5.74, 6) is -0.0192. The Morgan fingerprint density at radius 2 is 1.72 bits per heavy atom. The molecule has 0 radical (unpaired) electrons. The van der Waals surface area contributed by atoms with Crippen LogP contribution in [0.2, 0.25) is 0 Å². The largest absolute Gasteiger partial charge is 0.345 e. The second kappa shape index (κ2) is 7.96. The summed E-state index contributed by atoms with van der Waals surface area (Å²) in [7, 11) is -1.72. The topological polar surface area (TPSA) is 80.5 Å². The van der Waals surface area contributed by atoms with E-state index in [-0.39, 0.29) is 24.4 Å². The Balaban J connectivity index is 0. The third-order valence-electron chi connectivity index (χ3n) is 3.02. The van der Waals surface area contributed by atoms with E-state index >= 15 is 0 Å². The minimum absolute atomic E-state index is 0. The van der Waals surface area contributed by atoms with Gasteiger partial charge in [-0.15, -0.1) is 12.4 Å². The molecule has 1 amide bonds. The molecule has 0 aromatic rings. The lowest BCUT2D eigenvalue weighted by molar-refractivity contribution is -0.129. The lowest BCUT2D eigenvalue weighted by atomic mass is 10.0. The van der Waals surface area contributed by atoms with Gasteiger partial charge >= 0.3 is 0 Å². The van der Waals surface area contributed by atoms with Gasteiger partial charge in [0.05, 0.1) is 0 Å². The van der Waals surface area contributed by atoms with Gasteiger partial charge in [-0.2, -0.15) is 0 Å². The molecule has 2 unspecified atom stereocenters. The van der Waals surface area contributed by atoms with Crippen molar-refractivity contribution in [2.45, 2.75) is 38.5 Å². The second-order valence-corrected chi connectivity index (χ2v) is 7.29. The van der Waals surface area contributed by atoms with Crippen molar-refractivity contribution >= 4 is 28.2 Å². The Morgan fingerprint density at radius 1 is 1.28 bits per heavy atom. The first-order chi connectivity index (χ1) is 7.57. The van der Waals surface area contributed by atoms with Crippen LogP contribution in [0.25, 0.3) is 0 Å². The van der Waals surface area contributed by atoms with Crippen molar-refractivity contribution in [3.63, 3.8) is 0 Å². The Labute approximate surface area is 116 Å². The van der Waals surface area contributed by atoms with Crippen molar-refractivity contribution in [3.8, 4) is 0 Å². The van der Waals surface area contributed by atoms with Crippen LogP contribution in [0.1, 0.15) is 27.2 Å². The number of carbonyl (C=O) groups excluding carboxylic acids is 1. The number of rotatable bonds is 6. The zero-order chi connectivity index (χ0) is 13.8. The molecular formula is C11H25ClN2O3S. The van der Waals surface area contributed by atoms with E-state index in [1.807, 2.05) is 13.8 Å². The summed E-state index contributed by atoms with van der Waals surface area (Å²) in [6, 6.07) is 0.0267. The Morgan fingerprint density at radius 3 is 2.06 bits per heavy atom. The SMILES string of the molecule is CC(C)C(N)CCN(C)C(=O)C(C)S(C)(=O)=O.Cl. The fourth-order valence-corrected chi connectivity index (χ4v) is 1.83. The maximum Gasteiger partial charge on any atom is 0.240 e. The molecule has 2 atom stereocenters. The number of sulfone groups is 1. The summed E-state index contributed by atoms with van der Waals surface area (Å²) < 4.78 is 22.5. The van der Waals surface area contributed by atoms with Crippen LogP contribution in [0.3, 0.4) is 0 Å². The molecule has 0 saturated carbocycles. The maximum absolute atomic E-state index is 11.8. The molecular weight excluding hydrogens is 276 g/mol. The van der Waals surface area contributed by atoms with Gasteiger partial charge in [0.2, 0.25) is 5.91 Å². The molecule has 0 aliphatic rings. The highest BCUT2D eigenvalue weighted by atomic mass is 35.5. The first-order valence-electron chi connectivity index (χ1n) is 5.76. The van der Waals surface area contributed by atoms with Gasteiger partial charge < -0.3 is 10.6 Å². The average molecular weight is 301 g/mol. The minimum Gasteiger partial charge on any atom is -0.345 e. The number of hydrogen-bond donors (Lipinski definition) is 1. The third-order valence-corrected chi connectivity index (χ3v) is 4.51. The van der Waals surface area contributed by atoms with Crippen LogP contribution in [0.15, 0.2) is 0 Å². The summed E-state index contributed by atoms with van der Waals surface area (Å²) in [4.78, 5) is 13.2. The van der Waals surface area contributed by atoms with E-state index in [0.717, 1.165) is 6.26 Å². The van der Waals surface area contributed by atoms with E-state index in [4.69, 9.17) is 5.73 Å². The summed E-state index contributed by atoms with van der Waals surface area (Å²) >= 11 is 0. The standard InChI is InChI=1S/C11H24N2O3S.ClH/c1-8(2)10(12)6-7-13(4)11(14)9(3)17(5,15)16;/h8-10H,6-7,12H2,1-5H3;1H. The smallest absolute Gasteiger partial charge is 0.240 e.